The van der Waals surface area contributed by atoms with E-state index in [4.69, 9.17) is 0 Å². The lowest BCUT2D eigenvalue weighted by molar-refractivity contribution is 0.883. The lowest BCUT2D eigenvalue weighted by atomic mass is 9.99. The van der Waals surface area contributed by atoms with Crippen molar-refractivity contribution in [1.29, 1.82) is 0 Å². The Hall–Kier alpha value is -0.520. The van der Waals surface area contributed by atoms with Gasteiger partial charge in [-0.3, -0.25) is 0 Å². The molecular weight excluding hydrogens is 108 g/mol. The van der Waals surface area contributed by atoms with Crippen molar-refractivity contribution >= 4 is 0 Å². The van der Waals surface area contributed by atoms with Gasteiger partial charge in [-0.25, -0.2) is 0 Å². The summed E-state index contributed by atoms with van der Waals surface area (Å²) in [4.78, 5) is 0. The maximum absolute atomic E-state index is 2.31. The summed E-state index contributed by atoms with van der Waals surface area (Å²) in [6, 6.07) is 0. The van der Waals surface area contributed by atoms with Crippen molar-refractivity contribution in [2.24, 2.45) is 0 Å². The standard InChI is InChI=1S/C9H14/c1-3-9-6-4-5-8(2)7-9/h5,7H,3-4,6H2,1-2H3. The van der Waals surface area contributed by atoms with E-state index in [1.54, 1.807) is 5.57 Å². The topological polar surface area (TPSA) is 0 Å². The van der Waals surface area contributed by atoms with Crippen LogP contribution >= 0.6 is 0 Å². The molecule has 0 bridgehead atoms. The molecule has 0 spiro atoms. The molecule has 0 amide bonds. The van der Waals surface area contributed by atoms with Crippen LogP contribution in [-0.4, -0.2) is 0 Å². The Balaban J connectivity index is 2.63. The Morgan fingerprint density at radius 1 is 1.56 bits per heavy atom. The van der Waals surface area contributed by atoms with Crippen molar-refractivity contribution in [3.63, 3.8) is 0 Å². The average Bonchev–Trinajstić information content (AvgIpc) is 1.88. The van der Waals surface area contributed by atoms with Gasteiger partial charge in [-0.05, 0) is 26.2 Å². The number of allylic oxidation sites excluding steroid dienone is 4. The molecule has 0 aromatic carbocycles. The highest BCUT2D eigenvalue weighted by Gasteiger charge is 1.98. The highest BCUT2D eigenvalue weighted by atomic mass is 14.0. The van der Waals surface area contributed by atoms with Crippen LogP contribution in [0.25, 0.3) is 0 Å². The predicted octanol–water partition coefficient (Wildman–Crippen LogP) is 3.06. The third-order valence-electron chi connectivity index (χ3n) is 1.82. The van der Waals surface area contributed by atoms with E-state index in [0.717, 1.165) is 0 Å². The van der Waals surface area contributed by atoms with Crippen LogP contribution in [0.2, 0.25) is 0 Å². The Morgan fingerprint density at radius 3 is 2.78 bits per heavy atom. The number of rotatable bonds is 1. The van der Waals surface area contributed by atoms with Gasteiger partial charge in [0.05, 0.1) is 0 Å². The van der Waals surface area contributed by atoms with E-state index in [1.165, 1.54) is 24.8 Å². The summed E-state index contributed by atoms with van der Waals surface area (Å²) in [5, 5.41) is 0. The van der Waals surface area contributed by atoms with Crippen LogP contribution in [0.15, 0.2) is 23.3 Å². The van der Waals surface area contributed by atoms with Gasteiger partial charge in [-0.1, -0.05) is 30.2 Å². The summed E-state index contributed by atoms with van der Waals surface area (Å²) in [7, 11) is 0. The summed E-state index contributed by atoms with van der Waals surface area (Å²) >= 11 is 0. The molecule has 0 aromatic heterocycles. The maximum atomic E-state index is 2.31. The molecule has 1 rings (SSSR count). The first-order valence-corrected chi connectivity index (χ1v) is 3.69. The minimum atomic E-state index is 1.23. The molecule has 0 N–H and O–H groups in total. The Bertz CT molecular complexity index is 149. The van der Waals surface area contributed by atoms with Gasteiger partial charge in [0.15, 0.2) is 0 Å². The Kier molecular flexibility index (Phi) is 2.10. The van der Waals surface area contributed by atoms with Crippen LogP contribution in [0.3, 0.4) is 0 Å². The second kappa shape index (κ2) is 2.86. The fourth-order valence-corrected chi connectivity index (χ4v) is 1.22. The third-order valence-corrected chi connectivity index (χ3v) is 1.82. The van der Waals surface area contributed by atoms with Crippen LogP contribution in [-0.2, 0) is 0 Å². The molecule has 0 aromatic rings. The molecule has 0 saturated heterocycles. The fourth-order valence-electron chi connectivity index (χ4n) is 1.22. The summed E-state index contributed by atoms with van der Waals surface area (Å²) in [6.07, 6.45) is 8.38. The molecule has 0 saturated carbocycles. The maximum Gasteiger partial charge on any atom is -0.0282 e. The van der Waals surface area contributed by atoms with Crippen molar-refractivity contribution in [2.75, 3.05) is 0 Å². The first kappa shape index (κ1) is 6.60. The molecule has 1 aliphatic rings. The largest absolute Gasteiger partial charge is 0.0813 e. The zero-order chi connectivity index (χ0) is 6.69. The van der Waals surface area contributed by atoms with Gasteiger partial charge in [0, 0.05) is 0 Å². The van der Waals surface area contributed by atoms with Gasteiger partial charge in [-0.2, -0.15) is 0 Å². The van der Waals surface area contributed by atoms with Gasteiger partial charge in [0.2, 0.25) is 0 Å². The van der Waals surface area contributed by atoms with E-state index in [0.29, 0.717) is 0 Å². The lowest BCUT2D eigenvalue weighted by Gasteiger charge is -2.08. The summed E-state index contributed by atoms with van der Waals surface area (Å²) in [6.45, 7) is 4.40. The molecule has 9 heavy (non-hydrogen) atoms. The van der Waals surface area contributed by atoms with Crippen LogP contribution in [0.4, 0.5) is 0 Å². The quantitative estimate of drug-likeness (QED) is 0.501. The molecule has 0 unspecified atom stereocenters. The van der Waals surface area contributed by atoms with Crippen molar-refractivity contribution in [1.82, 2.24) is 0 Å². The highest BCUT2D eigenvalue weighted by molar-refractivity contribution is 5.25. The van der Waals surface area contributed by atoms with Crippen LogP contribution in [0.5, 0.6) is 0 Å². The second-order valence-corrected chi connectivity index (χ2v) is 2.64. The van der Waals surface area contributed by atoms with E-state index >= 15 is 0 Å². The molecule has 0 atom stereocenters. The molecule has 0 radical (unpaired) electrons. The van der Waals surface area contributed by atoms with Crippen molar-refractivity contribution < 1.29 is 0 Å². The Morgan fingerprint density at radius 2 is 2.33 bits per heavy atom. The van der Waals surface area contributed by atoms with Crippen molar-refractivity contribution in [3.05, 3.63) is 23.3 Å². The third kappa shape index (κ3) is 1.70. The number of hydrogen-bond acceptors (Lipinski definition) is 0. The number of hydrogen-bond donors (Lipinski definition) is 0. The van der Waals surface area contributed by atoms with Gasteiger partial charge in [0.25, 0.3) is 0 Å². The van der Waals surface area contributed by atoms with Crippen LogP contribution in [0, 0.1) is 0 Å². The lowest BCUT2D eigenvalue weighted by Crippen LogP contribution is -1.87. The Labute approximate surface area is 57.3 Å². The molecule has 0 heteroatoms. The minimum Gasteiger partial charge on any atom is -0.0813 e. The average molecular weight is 122 g/mol. The van der Waals surface area contributed by atoms with E-state index in [2.05, 4.69) is 26.0 Å². The van der Waals surface area contributed by atoms with Crippen molar-refractivity contribution in [2.45, 2.75) is 33.1 Å². The SMILES string of the molecule is CCC1=CC(C)=CCC1. The first-order valence-electron chi connectivity index (χ1n) is 3.69. The van der Waals surface area contributed by atoms with E-state index < -0.39 is 0 Å². The molecule has 1 aliphatic carbocycles. The zero-order valence-electron chi connectivity index (χ0n) is 6.28. The van der Waals surface area contributed by atoms with Gasteiger partial charge >= 0.3 is 0 Å². The molecule has 0 fully saturated rings. The van der Waals surface area contributed by atoms with Gasteiger partial charge in [-0.15, -0.1) is 0 Å². The molecule has 0 nitrogen and oxygen atoms in total. The molecule has 0 heterocycles. The molecular formula is C9H14. The second-order valence-electron chi connectivity index (χ2n) is 2.64. The van der Waals surface area contributed by atoms with E-state index in [1.807, 2.05) is 0 Å². The van der Waals surface area contributed by atoms with Crippen molar-refractivity contribution in [3.8, 4) is 0 Å². The minimum absolute atomic E-state index is 1.23. The molecule has 0 aliphatic heterocycles. The smallest absolute Gasteiger partial charge is 0.0282 e. The predicted molar refractivity (Wildman–Crippen MR) is 41.4 cm³/mol. The first-order chi connectivity index (χ1) is 4.33. The fraction of sp³-hybridized carbons (Fsp3) is 0.556. The normalized spacial score (nSPS) is 18.9. The molecule has 50 valence electrons. The summed E-state index contributed by atoms with van der Waals surface area (Å²) < 4.78 is 0. The van der Waals surface area contributed by atoms with E-state index in [-0.39, 0.29) is 0 Å². The summed E-state index contributed by atoms with van der Waals surface area (Å²) in [5.41, 5.74) is 3.05. The van der Waals surface area contributed by atoms with Gasteiger partial charge < -0.3 is 0 Å². The summed E-state index contributed by atoms with van der Waals surface area (Å²) in [5.74, 6) is 0. The van der Waals surface area contributed by atoms with Gasteiger partial charge in [0.1, 0.15) is 0 Å². The van der Waals surface area contributed by atoms with E-state index in [9.17, 15) is 0 Å². The highest BCUT2D eigenvalue weighted by Crippen LogP contribution is 2.18. The zero-order valence-corrected chi connectivity index (χ0v) is 6.28. The monoisotopic (exact) mass is 122 g/mol. The van der Waals surface area contributed by atoms with Crippen LogP contribution < -0.4 is 0 Å². The van der Waals surface area contributed by atoms with Crippen LogP contribution in [0.1, 0.15) is 33.1 Å².